The van der Waals surface area contributed by atoms with Crippen molar-refractivity contribution in [1.29, 1.82) is 0 Å². The first kappa shape index (κ1) is 18.8. The monoisotopic (exact) mass is 391 g/mol. The Hall–Kier alpha value is -2.53. The number of carbonyl (C=O) groups is 1. The van der Waals surface area contributed by atoms with Crippen LogP contribution in [0.4, 0.5) is 0 Å². The number of thioether (sulfide) groups is 1. The summed E-state index contributed by atoms with van der Waals surface area (Å²) in [4.78, 5) is 14.2. The van der Waals surface area contributed by atoms with Gasteiger partial charge in [-0.25, -0.2) is 0 Å². The highest BCUT2D eigenvalue weighted by Gasteiger charge is 2.28. The van der Waals surface area contributed by atoms with Gasteiger partial charge in [-0.2, -0.15) is 5.10 Å². The summed E-state index contributed by atoms with van der Waals surface area (Å²) < 4.78 is 1.86. The van der Waals surface area contributed by atoms with Gasteiger partial charge in [0.15, 0.2) is 5.69 Å². The lowest BCUT2D eigenvalue weighted by Gasteiger charge is -2.18. The summed E-state index contributed by atoms with van der Waals surface area (Å²) in [6, 6.07) is 17.0. The smallest absolute Gasteiger partial charge is 0.272 e. The molecule has 0 saturated carbocycles. The normalized spacial score (nSPS) is 13.5. The van der Waals surface area contributed by atoms with E-state index in [0.29, 0.717) is 5.69 Å². The maximum Gasteiger partial charge on any atom is 0.272 e. The molecule has 0 radical (unpaired) electrons. The van der Waals surface area contributed by atoms with Gasteiger partial charge in [-0.05, 0) is 44.4 Å². The van der Waals surface area contributed by atoms with Gasteiger partial charge in [-0.3, -0.25) is 9.48 Å². The number of rotatable bonds is 5. The minimum atomic E-state index is -0.0749. The maximum absolute atomic E-state index is 12.9. The first-order valence-corrected chi connectivity index (χ1v) is 10.7. The van der Waals surface area contributed by atoms with E-state index < -0.39 is 0 Å². The third-order valence-corrected chi connectivity index (χ3v) is 6.31. The lowest BCUT2D eigenvalue weighted by Crippen LogP contribution is -2.33. The Morgan fingerprint density at radius 2 is 2.04 bits per heavy atom. The highest BCUT2D eigenvalue weighted by atomic mass is 32.2. The van der Waals surface area contributed by atoms with E-state index in [1.165, 1.54) is 21.6 Å². The summed E-state index contributed by atoms with van der Waals surface area (Å²) in [5.74, 6) is 0.703. The van der Waals surface area contributed by atoms with Crippen LogP contribution in [0.15, 0.2) is 53.4 Å². The number of hydrogen-bond acceptors (Lipinski definition) is 3. The highest BCUT2D eigenvalue weighted by molar-refractivity contribution is 7.98. The molecule has 1 aliphatic heterocycles. The predicted octanol–water partition coefficient (Wildman–Crippen LogP) is 4.75. The molecule has 0 bridgehead atoms. The van der Waals surface area contributed by atoms with Crippen LogP contribution >= 0.6 is 11.8 Å². The Labute approximate surface area is 170 Å². The molecule has 144 valence electrons. The molecule has 2 heterocycles. The van der Waals surface area contributed by atoms with Crippen molar-refractivity contribution in [1.82, 2.24) is 15.1 Å². The van der Waals surface area contributed by atoms with Gasteiger partial charge in [0, 0.05) is 34.9 Å². The second-order valence-electron chi connectivity index (χ2n) is 7.49. The molecule has 1 aliphatic rings. The fourth-order valence-electron chi connectivity index (χ4n) is 3.72. The van der Waals surface area contributed by atoms with Gasteiger partial charge in [-0.1, -0.05) is 42.0 Å². The molecule has 1 N–H and O–H groups in total. The van der Waals surface area contributed by atoms with Crippen molar-refractivity contribution in [2.24, 2.45) is 7.05 Å². The average molecular weight is 392 g/mol. The van der Waals surface area contributed by atoms with E-state index in [4.69, 9.17) is 0 Å². The van der Waals surface area contributed by atoms with Gasteiger partial charge in [0.05, 0.1) is 5.69 Å². The summed E-state index contributed by atoms with van der Waals surface area (Å²) >= 11 is 1.78. The van der Waals surface area contributed by atoms with Crippen LogP contribution < -0.4 is 5.32 Å². The summed E-state index contributed by atoms with van der Waals surface area (Å²) in [5, 5.41) is 7.72. The van der Waals surface area contributed by atoms with Crippen molar-refractivity contribution in [2.45, 2.75) is 43.4 Å². The largest absolute Gasteiger partial charge is 0.348 e. The number of nitrogens with zero attached hydrogens (tertiary/aromatic N) is 2. The molecule has 3 aromatic rings. The van der Waals surface area contributed by atoms with Crippen molar-refractivity contribution in [3.8, 4) is 11.3 Å². The van der Waals surface area contributed by atoms with Crippen LogP contribution in [-0.4, -0.2) is 21.7 Å². The zero-order valence-electron chi connectivity index (χ0n) is 16.5. The van der Waals surface area contributed by atoms with Crippen LogP contribution in [0.1, 0.15) is 40.5 Å². The molecule has 5 heteroatoms. The number of nitrogens with one attached hydrogen (secondary N) is 1. The molecule has 1 aromatic heterocycles. The molecule has 1 amide bonds. The Morgan fingerprint density at radius 3 is 2.82 bits per heavy atom. The predicted molar refractivity (Wildman–Crippen MR) is 115 cm³/mol. The SMILES string of the molecule is Cc1ccc2c(c1)-c1c(c(C(=O)N[C@H](C)CCc3ccccc3)nn1C)CS2. The van der Waals surface area contributed by atoms with Gasteiger partial charge in [0.2, 0.25) is 0 Å². The minimum Gasteiger partial charge on any atom is -0.348 e. The molecule has 4 rings (SSSR count). The lowest BCUT2D eigenvalue weighted by molar-refractivity contribution is 0.0932. The van der Waals surface area contributed by atoms with Crippen molar-refractivity contribution >= 4 is 17.7 Å². The third-order valence-electron chi connectivity index (χ3n) is 5.21. The van der Waals surface area contributed by atoms with Crippen LogP contribution in [-0.2, 0) is 19.2 Å². The van der Waals surface area contributed by atoms with Gasteiger partial charge in [-0.15, -0.1) is 11.8 Å². The molecule has 0 unspecified atom stereocenters. The van der Waals surface area contributed by atoms with Crippen molar-refractivity contribution < 1.29 is 4.79 Å². The second kappa shape index (κ2) is 7.84. The summed E-state index contributed by atoms with van der Waals surface area (Å²) in [5.41, 5.74) is 6.36. The van der Waals surface area contributed by atoms with Crippen molar-refractivity contribution in [3.63, 3.8) is 0 Å². The first-order chi connectivity index (χ1) is 13.5. The van der Waals surface area contributed by atoms with E-state index in [9.17, 15) is 4.79 Å². The van der Waals surface area contributed by atoms with E-state index in [1.807, 2.05) is 17.8 Å². The average Bonchev–Trinajstić information content (AvgIpc) is 3.04. The number of benzene rings is 2. The van der Waals surface area contributed by atoms with Crippen LogP contribution in [0.3, 0.4) is 0 Å². The molecule has 4 nitrogen and oxygen atoms in total. The zero-order chi connectivity index (χ0) is 19.7. The van der Waals surface area contributed by atoms with E-state index >= 15 is 0 Å². The molecule has 0 aliphatic carbocycles. The first-order valence-electron chi connectivity index (χ1n) is 9.67. The molecule has 1 atom stereocenters. The van der Waals surface area contributed by atoms with Crippen LogP contribution in [0.2, 0.25) is 0 Å². The van der Waals surface area contributed by atoms with Gasteiger partial charge >= 0.3 is 0 Å². The fourth-order valence-corrected chi connectivity index (χ4v) is 4.77. The second-order valence-corrected chi connectivity index (χ2v) is 8.50. The van der Waals surface area contributed by atoms with Crippen LogP contribution in [0.25, 0.3) is 11.3 Å². The standard InChI is InChI=1S/C23H25N3OS/c1-15-9-12-20-18(13-15)22-19(14-28-20)21(25-26(22)3)23(27)24-16(2)10-11-17-7-5-4-6-8-17/h4-9,12-13,16H,10-11,14H2,1-3H3,(H,24,27)/t16-/m1/s1. The van der Waals surface area contributed by atoms with E-state index in [2.05, 4.69) is 66.7 Å². The summed E-state index contributed by atoms with van der Waals surface area (Å²) in [6.45, 7) is 4.15. The molecule has 2 aromatic carbocycles. The number of fused-ring (bicyclic) bond motifs is 3. The molecular formula is C23H25N3OS. The Balaban J connectivity index is 1.51. The number of hydrogen-bond donors (Lipinski definition) is 1. The Morgan fingerprint density at radius 1 is 1.25 bits per heavy atom. The quantitative estimate of drug-likeness (QED) is 0.683. The zero-order valence-corrected chi connectivity index (χ0v) is 17.3. The summed E-state index contributed by atoms with van der Waals surface area (Å²) in [7, 11) is 1.93. The maximum atomic E-state index is 12.9. The van der Waals surface area contributed by atoms with E-state index in [-0.39, 0.29) is 11.9 Å². The van der Waals surface area contributed by atoms with Gasteiger partial charge in [0.25, 0.3) is 5.91 Å². The Kier molecular flexibility index (Phi) is 5.27. The van der Waals surface area contributed by atoms with Crippen molar-refractivity contribution in [3.05, 3.63) is 70.9 Å². The minimum absolute atomic E-state index is 0.0749. The van der Waals surface area contributed by atoms with E-state index in [1.54, 1.807) is 11.8 Å². The molecule has 28 heavy (non-hydrogen) atoms. The van der Waals surface area contributed by atoms with Crippen LogP contribution in [0.5, 0.6) is 0 Å². The number of aromatic nitrogens is 2. The summed E-state index contributed by atoms with van der Waals surface area (Å²) in [6.07, 6.45) is 1.85. The molecule has 0 saturated heterocycles. The Bertz CT molecular complexity index is 1010. The highest BCUT2D eigenvalue weighted by Crippen LogP contribution is 2.42. The fraction of sp³-hybridized carbons (Fsp3) is 0.304. The van der Waals surface area contributed by atoms with Crippen molar-refractivity contribution in [2.75, 3.05) is 0 Å². The van der Waals surface area contributed by atoms with Gasteiger partial charge in [0.1, 0.15) is 0 Å². The molecule has 0 fully saturated rings. The number of aryl methyl sites for hydroxylation is 3. The van der Waals surface area contributed by atoms with E-state index in [0.717, 1.165) is 29.9 Å². The third kappa shape index (κ3) is 3.72. The lowest BCUT2D eigenvalue weighted by atomic mass is 10.0. The number of carbonyl (C=O) groups excluding carboxylic acids is 1. The van der Waals surface area contributed by atoms with Crippen LogP contribution in [0, 0.1) is 6.92 Å². The topological polar surface area (TPSA) is 46.9 Å². The van der Waals surface area contributed by atoms with Gasteiger partial charge < -0.3 is 5.32 Å². The number of amides is 1. The molecule has 0 spiro atoms. The molecular weight excluding hydrogens is 366 g/mol.